The number of aromatic nitrogens is 5. The van der Waals surface area contributed by atoms with Gasteiger partial charge < -0.3 is 10.1 Å². The van der Waals surface area contributed by atoms with E-state index in [4.69, 9.17) is 4.74 Å². The second kappa shape index (κ2) is 5.31. The SMILES string of the molecule is CNc1nc(OC(C)C(F)(F)F)nc(-n2cccn2)n1. The highest BCUT2D eigenvalue weighted by atomic mass is 19.4. The summed E-state index contributed by atoms with van der Waals surface area (Å²) in [6.45, 7) is 0.871. The van der Waals surface area contributed by atoms with Gasteiger partial charge in [-0.05, 0) is 13.0 Å². The van der Waals surface area contributed by atoms with Gasteiger partial charge in [0.05, 0.1) is 0 Å². The van der Waals surface area contributed by atoms with Gasteiger partial charge in [0.2, 0.25) is 5.95 Å². The zero-order valence-electron chi connectivity index (χ0n) is 10.6. The molecule has 0 aliphatic rings. The van der Waals surface area contributed by atoms with Crippen LogP contribution in [0.4, 0.5) is 19.1 Å². The third-order valence-electron chi connectivity index (χ3n) is 2.28. The van der Waals surface area contributed by atoms with Crippen molar-refractivity contribution in [2.45, 2.75) is 19.2 Å². The first kappa shape index (κ1) is 14.0. The Labute approximate surface area is 111 Å². The zero-order valence-corrected chi connectivity index (χ0v) is 10.6. The van der Waals surface area contributed by atoms with Crippen molar-refractivity contribution in [2.75, 3.05) is 12.4 Å². The summed E-state index contributed by atoms with van der Waals surface area (Å²) in [7, 11) is 1.53. The molecule has 2 aromatic heterocycles. The van der Waals surface area contributed by atoms with Gasteiger partial charge in [0.15, 0.2) is 6.10 Å². The number of anilines is 1. The van der Waals surface area contributed by atoms with Crippen molar-refractivity contribution in [3.63, 3.8) is 0 Å². The topological polar surface area (TPSA) is 77.8 Å². The molecule has 108 valence electrons. The highest BCUT2D eigenvalue weighted by Gasteiger charge is 2.38. The minimum Gasteiger partial charge on any atom is -0.451 e. The zero-order chi connectivity index (χ0) is 14.8. The number of alkyl halides is 3. The first-order chi connectivity index (χ1) is 9.40. The maximum Gasteiger partial charge on any atom is 0.425 e. The molecule has 0 spiro atoms. The fourth-order valence-corrected chi connectivity index (χ4v) is 1.22. The molecule has 2 rings (SSSR count). The van der Waals surface area contributed by atoms with E-state index in [2.05, 4.69) is 25.4 Å². The lowest BCUT2D eigenvalue weighted by molar-refractivity contribution is -0.190. The summed E-state index contributed by atoms with van der Waals surface area (Å²) in [5.41, 5.74) is 0. The monoisotopic (exact) mass is 288 g/mol. The predicted molar refractivity (Wildman–Crippen MR) is 62.6 cm³/mol. The van der Waals surface area contributed by atoms with Gasteiger partial charge in [-0.2, -0.15) is 33.2 Å². The summed E-state index contributed by atoms with van der Waals surface area (Å²) in [6, 6.07) is 1.20. The lowest BCUT2D eigenvalue weighted by Gasteiger charge is -2.16. The van der Waals surface area contributed by atoms with Crippen LogP contribution in [0.25, 0.3) is 5.95 Å². The average Bonchev–Trinajstić information content (AvgIpc) is 2.91. The molecular formula is C10H11F3N6O. The summed E-state index contributed by atoms with van der Waals surface area (Å²) < 4.78 is 43.4. The number of nitrogens with one attached hydrogen (secondary N) is 1. The van der Waals surface area contributed by atoms with Crippen molar-refractivity contribution in [1.29, 1.82) is 0 Å². The van der Waals surface area contributed by atoms with Crippen LogP contribution in [0.3, 0.4) is 0 Å². The Morgan fingerprint density at radius 3 is 2.60 bits per heavy atom. The standard InChI is InChI=1S/C10H11F3N6O/c1-6(10(11,12)13)20-9-17-7(14-2)16-8(18-9)19-5-3-4-15-19/h3-6H,1-2H3,(H,14,16,17,18). The van der Waals surface area contributed by atoms with Crippen LogP contribution in [-0.2, 0) is 0 Å². The number of nitrogens with zero attached hydrogens (tertiary/aromatic N) is 5. The van der Waals surface area contributed by atoms with Crippen LogP contribution in [0, 0.1) is 0 Å². The highest BCUT2D eigenvalue weighted by molar-refractivity contribution is 5.29. The number of ether oxygens (including phenoxy) is 1. The molecule has 0 fully saturated rings. The molecule has 7 nitrogen and oxygen atoms in total. The van der Waals surface area contributed by atoms with Crippen molar-refractivity contribution < 1.29 is 17.9 Å². The van der Waals surface area contributed by atoms with Gasteiger partial charge in [-0.25, -0.2) is 4.68 Å². The van der Waals surface area contributed by atoms with E-state index < -0.39 is 18.3 Å². The summed E-state index contributed by atoms with van der Waals surface area (Å²) in [4.78, 5) is 11.5. The fraction of sp³-hybridized carbons (Fsp3) is 0.400. The van der Waals surface area contributed by atoms with Crippen molar-refractivity contribution in [2.24, 2.45) is 0 Å². The maximum atomic E-state index is 12.5. The number of hydrogen-bond donors (Lipinski definition) is 1. The lowest BCUT2D eigenvalue weighted by Crippen LogP contribution is -2.32. The summed E-state index contributed by atoms with van der Waals surface area (Å²) in [5.74, 6) is 0.133. The second-order valence-electron chi connectivity index (χ2n) is 3.74. The lowest BCUT2D eigenvalue weighted by atomic mass is 10.4. The van der Waals surface area contributed by atoms with Gasteiger partial charge in [0.25, 0.3) is 5.95 Å². The quantitative estimate of drug-likeness (QED) is 0.917. The first-order valence-electron chi connectivity index (χ1n) is 5.57. The molecular weight excluding hydrogens is 277 g/mol. The van der Waals surface area contributed by atoms with E-state index in [9.17, 15) is 13.2 Å². The minimum atomic E-state index is -4.50. The third kappa shape index (κ3) is 3.13. The van der Waals surface area contributed by atoms with Crippen molar-refractivity contribution in [3.8, 4) is 12.0 Å². The van der Waals surface area contributed by atoms with Crippen LogP contribution in [0.2, 0.25) is 0 Å². The number of hydrogen-bond acceptors (Lipinski definition) is 6. The molecule has 0 amide bonds. The molecule has 2 aromatic rings. The summed E-state index contributed by atoms with van der Waals surface area (Å²) in [5, 5.41) is 6.51. The molecule has 0 aliphatic heterocycles. The Kier molecular flexibility index (Phi) is 3.72. The molecule has 0 saturated carbocycles. The van der Waals surface area contributed by atoms with Gasteiger partial charge >= 0.3 is 12.2 Å². The summed E-state index contributed by atoms with van der Waals surface area (Å²) >= 11 is 0. The van der Waals surface area contributed by atoms with E-state index in [1.165, 1.54) is 17.9 Å². The third-order valence-corrected chi connectivity index (χ3v) is 2.28. The molecule has 1 N–H and O–H groups in total. The van der Waals surface area contributed by atoms with Crippen LogP contribution >= 0.6 is 0 Å². The summed E-state index contributed by atoms with van der Waals surface area (Å²) in [6.07, 6.45) is -3.49. The number of rotatable bonds is 4. The molecule has 0 radical (unpaired) electrons. The van der Waals surface area contributed by atoms with Gasteiger partial charge in [0.1, 0.15) is 0 Å². The van der Waals surface area contributed by atoms with Crippen LogP contribution < -0.4 is 10.1 Å². The van der Waals surface area contributed by atoms with Gasteiger partial charge in [-0.1, -0.05) is 0 Å². The smallest absolute Gasteiger partial charge is 0.425 e. The Morgan fingerprint density at radius 2 is 2.05 bits per heavy atom. The first-order valence-corrected chi connectivity index (χ1v) is 5.57. The molecule has 0 aliphatic carbocycles. The minimum absolute atomic E-state index is 0.0544. The van der Waals surface area contributed by atoms with E-state index in [0.717, 1.165) is 6.92 Å². The van der Waals surface area contributed by atoms with Gasteiger partial charge in [0, 0.05) is 19.4 Å². The Balaban J connectivity index is 2.32. The van der Waals surface area contributed by atoms with E-state index in [1.807, 2.05) is 0 Å². The normalized spacial score (nSPS) is 13.1. The Morgan fingerprint density at radius 1 is 1.30 bits per heavy atom. The molecule has 0 bridgehead atoms. The van der Waals surface area contributed by atoms with E-state index in [0.29, 0.717) is 0 Å². The molecule has 20 heavy (non-hydrogen) atoms. The highest BCUT2D eigenvalue weighted by Crippen LogP contribution is 2.23. The van der Waals surface area contributed by atoms with Gasteiger partial charge in [-0.3, -0.25) is 0 Å². The molecule has 0 aromatic carbocycles. The molecule has 1 unspecified atom stereocenters. The predicted octanol–water partition coefficient (Wildman–Crippen LogP) is 1.43. The van der Waals surface area contributed by atoms with Crippen LogP contribution in [0.5, 0.6) is 6.01 Å². The second-order valence-corrected chi connectivity index (χ2v) is 3.74. The largest absolute Gasteiger partial charge is 0.451 e. The Bertz CT molecular complexity index is 571. The number of halogens is 3. The van der Waals surface area contributed by atoms with Crippen molar-refractivity contribution >= 4 is 5.95 Å². The maximum absolute atomic E-state index is 12.5. The van der Waals surface area contributed by atoms with Crippen molar-refractivity contribution in [3.05, 3.63) is 18.5 Å². The molecule has 0 saturated heterocycles. The van der Waals surface area contributed by atoms with Gasteiger partial charge in [-0.15, -0.1) is 0 Å². The van der Waals surface area contributed by atoms with Crippen LogP contribution in [0.15, 0.2) is 18.5 Å². The fourth-order valence-electron chi connectivity index (χ4n) is 1.22. The van der Waals surface area contributed by atoms with Crippen LogP contribution in [-0.4, -0.2) is 44.1 Å². The molecule has 1 atom stereocenters. The van der Waals surface area contributed by atoms with E-state index >= 15 is 0 Å². The molecule has 10 heteroatoms. The van der Waals surface area contributed by atoms with E-state index in [1.54, 1.807) is 12.3 Å². The Hall–Kier alpha value is -2.39. The molecule has 2 heterocycles. The van der Waals surface area contributed by atoms with E-state index in [-0.39, 0.29) is 11.9 Å². The van der Waals surface area contributed by atoms with Crippen LogP contribution in [0.1, 0.15) is 6.92 Å². The average molecular weight is 288 g/mol. The van der Waals surface area contributed by atoms with Crippen molar-refractivity contribution in [1.82, 2.24) is 24.7 Å².